The van der Waals surface area contributed by atoms with Crippen LogP contribution in [0, 0.1) is 5.92 Å². The molecule has 0 saturated carbocycles. The SMILES string of the molecule is O=C(CCO)OCCC(CO)CC(=O)OCCO. The average Bonchev–Trinajstić information content (AvgIpc) is 2.35. The fourth-order valence-corrected chi connectivity index (χ4v) is 1.21. The van der Waals surface area contributed by atoms with E-state index in [1.54, 1.807) is 0 Å². The monoisotopic (exact) mass is 264 g/mol. The molecule has 7 nitrogen and oxygen atoms in total. The number of aliphatic hydroxyl groups excluding tert-OH is 3. The molecule has 0 aliphatic carbocycles. The highest BCUT2D eigenvalue weighted by atomic mass is 16.5. The topological polar surface area (TPSA) is 113 Å². The van der Waals surface area contributed by atoms with Gasteiger partial charge in [0.1, 0.15) is 6.61 Å². The molecule has 18 heavy (non-hydrogen) atoms. The van der Waals surface area contributed by atoms with Crippen LogP contribution in [0.3, 0.4) is 0 Å². The molecule has 7 heteroatoms. The number of rotatable bonds is 10. The maximum atomic E-state index is 11.2. The molecule has 1 unspecified atom stereocenters. The van der Waals surface area contributed by atoms with Crippen LogP contribution in [0.1, 0.15) is 19.3 Å². The van der Waals surface area contributed by atoms with E-state index in [4.69, 9.17) is 20.1 Å². The number of aliphatic hydroxyl groups is 3. The smallest absolute Gasteiger partial charge is 0.308 e. The summed E-state index contributed by atoms with van der Waals surface area (Å²) in [5.74, 6) is -1.38. The van der Waals surface area contributed by atoms with E-state index in [-0.39, 0.29) is 51.8 Å². The molecule has 0 aromatic carbocycles. The minimum Gasteiger partial charge on any atom is -0.466 e. The minimum atomic E-state index is -0.517. The number of carbonyl (C=O) groups is 2. The van der Waals surface area contributed by atoms with E-state index >= 15 is 0 Å². The quantitative estimate of drug-likeness (QED) is 0.426. The first kappa shape index (κ1) is 16.8. The van der Waals surface area contributed by atoms with Crippen molar-refractivity contribution < 1.29 is 34.4 Å². The fourth-order valence-electron chi connectivity index (χ4n) is 1.21. The molecule has 106 valence electrons. The van der Waals surface area contributed by atoms with Crippen molar-refractivity contribution in [3.8, 4) is 0 Å². The van der Waals surface area contributed by atoms with Gasteiger partial charge in [0, 0.05) is 6.61 Å². The van der Waals surface area contributed by atoms with Gasteiger partial charge in [-0.3, -0.25) is 9.59 Å². The van der Waals surface area contributed by atoms with Gasteiger partial charge >= 0.3 is 11.9 Å². The Morgan fingerprint density at radius 1 is 0.944 bits per heavy atom. The van der Waals surface area contributed by atoms with E-state index in [9.17, 15) is 9.59 Å². The van der Waals surface area contributed by atoms with Crippen LogP contribution in [0.5, 0.6) is 0 Å². The zero-order valence-electron chi connectivity index (χ0n) is 10.2. The summed E-state index contributed by atoms with van der Waals surface area (Å²) in [5.41, 5.74) is 0. The summed E-state index contributed by atoms with van der Waals surface area (Å²) in [4.78, 5) is 22.1. The fraction of sp³-hybridized carbons (Fsp3) is 0.818. The predicted octanol–water partition coefficient (Wildman–Crippen LogP) is -1.16. The third kappa shape index (κ3) is 8.91. The summed E-state index contributed by atoms with van der Waals surface area (Å²) in [6.45, 7) is -0.713. The molecule has 0 rings (SSSR count). The van der Waals surface area contributed by atoms with Crippen LogP contribution in [0.15, 0.2) is 0 Å². The number of hydrogen-bond donors (Lipinski definition) is 3. The van der Waals surface area contributed by atoms with Gasteiger partial charge in [-0.05, 0) is 12.3 Å². The number of ether oxygens (including phenoxy) is 2. The molecule has 0 heterocycles. The van der Waals surface area contributed by atoms with Gasteiger partial charge in [-0.2, -0.15) is 0 Å². The summed E-state index contributed by atoms with van der Waals surface area (Å²) in [5, 5.41) is 26.0. The molecule has 0 spiro atoms. The number of esters is 2. The zero-order valence-corrected chi connectivity index (χ0v) is 10.2. The second kappa shape index (κ2) is 10.9. The van der Waals surface area contributed by atoms with E-state index in [1.807, 2.05) is 0 Å². The Bertz CT molecular complexity index is 242. The largest absolute Gasteiger partial charge is 0.466 e. The van der Waals surface area contributed by atoms with Crippen molar-refractivity contribution in [2.24, 2.45) is 5.92 Å². The van der Waals surface area contributed by atoms with Gasteiger partial charge in [0.25, 0.3) is 0 Å². The second-order valence-electron chi connectivity index (χ2n) is 3.68. The van der Waals surface area contributed by atoms with Gasteiger partial charge < -0.3 is 24.8 Å². The number of hydrogen-bond acceptors (Lipinski definition) is 7. The van der Waals surface area contributed by atoms with Gasteiger partial charge in [0.05, 0.1) is 32.7 Å². The van der Waals surface area contributed by atoms with Crippen LogP contribution in [0.4, 0.5) is 0 Å². The van der Waals surface area contributed by atoms with Crippen LogP contribution in [-0.4, -0.2) is 60.3 Å². The van der Waals surface area contributed by atoms with Crippen LogP contribution in [0.25, 0.3) is 0 Å². The van der Waals surface area contributed by atoms with Gasteiger partial charge in [-0.25, -0.2) is 0 Å². The lowest BCUT2D eigenvalue weighted by Crippen LogP contribution is -2.18. The van der Waals surface area contributed by atoms with E-state index in [0.29, 0.717) is 6.42 Å². The van der Waals surface area contributed by atoms with Gasteiger partial charge in [-0.1, -0.05) is 0 Å². The molecule has 0 aliphatic heterocycles. The molecule has 0 amide bonds. The van der Waals surface area contributed by atoms with Crippen LogP contribution >= 0.6 is 0 Å². The Hall–Kier alpha value is -1.18. The Morgan fingerprint density at radius 3 is 2.17 bits per heavy atom. The van der Waals surface area contributed by atoms with Gasteiger partial charge in [0.15, 0.2) is 0 Å². The Balaban J connectivity index is 3.76. The van der Waals surface area contributed by atoms with E-state index < -0.39 is 11.9 Å². The summed E-state index contributed by atoms with van der Waals surface area (Å²) in [7, 11) is 0. The molecule has 0 radical (unpaired) electrons. The van der Waals surface area contributed by atoms with Crippen molar-refractivity contribution in [3.05, 3.63) is 0 Å². The van der Waals surface area contributed by atoms with Crippen molar-refractivity contribution in [2.45, 2.75) is 19.3 Å². The molecular weight excluding hydrogens is 244 g/mol. The molecule has 0 aliphatic rings. The van der Waals surface area contributed by atoms with Crippen molar-refractivity contribution in [2.75, 3.05) is 33.0 Å². The van der Waals surface area contributed by atoms with Crippen molar-refractivity contribution in [3.63, 3.8) is 0 Å². The highest BCUT2D eigenvalue weighted by Gasteiger charge is 2.15. The molecule has 0 bridgehead atoms. The zero-order chi connectivity index (χ0) is 13.8. The maximum Gasteiger partial charge on any atom is 0.308 e. The molecule has 0 saturated heterocycles. The van der Waals surface area contributed by atoms with Gasteiger partial charge in [-0.15, -0.1) is 0 Å². The molecule has 0 aromatic heterocycles. The van der Waals surface area contributed by atoms with Crippen LogP contribution in [0.2, 0.25) is 0 Å². The molecule has 0 aromatic rings. The van der Waals surface area contributed by atoms with Crippen molar-refractivity contribution in [1.82, 2.24) is 0 Å². The van der Waals surface area contributed by atoms with Crippen molar-refractivity contribution >= 4 is 11.9 Å². The Labute approximate surface area is 105 Å². The van der Waals surface area contributed by atoms with Crippen LogP contribution in [-0.2, 0) is 19.1 Å². The summed E-state index contributed by atoms with van der Waals surface area (Å²) >= 11 is 0. The van der Waals surface area contributed by atoms with Crippen LogP contribution < -0.4 is 0 Å². The number of carbonyl (C=O) groups excluding carboxylic acids is 2. The van der Waals surface area contributed by atoms with E-state index in [2.05, 4.69) is 4.74 Å². The Kier molecular flexibility index (Phi) is 10.2. The van der Waals surface area contributed by atoms with E-state index in [0.717, 1.165) is 0 Å². The summed E-state index contributed by atoms with van der Waals surface area (Å²) in [6, 6.07) is 0. The average molecular weight is 264 g/mol. The van der Waals surface area contributed by atoms with Crippen molar-refractivity contribution in [1.29, 1.82) is 0 Å². The molecule has 3 N–H and O–H groups in total. The first-order valence-electron chi connectivity index (χ1n) is 5.77. The summed E-state index contributed by atoms with van der Waals surface area (Å²) < 4.78 is 9.42. The molecule has 1 atom stereocenters. The third-order valence-electron chi connectivity index (χ3n) is 2.17. The Morgan fingerprint density at radius 2 is 1.61 bits per heavy atom. The second-order valence-corrected chi connectivity index (χ2v) is 3.68. The summed E-state index contributed by atoms with van der Waals surface area (Å²) in [6.07, 6.45) is 0.276. The molecule has 0 fully saturated rings. The minimum absolute atomic E-state index is 0.00799. The third-order valence-corrected chi connectivity index (χ3v) is 2.17. The first-order chi connectivity index (χ1) is 8.63. The highest BCUT2D eigenvalue weighted by molar-refractivity contribution is 5.70. The van der Waals surface area contributed by atoms with Gasteiger partial charge in [0.2, 0.25) is 0 Å². The van der Waals surface area contributed by atoms with E-state index in [1.165, 1.54) is 0 Å². The highest BCUT2D eigenvalue weighted by Crippen LogP contribution is 2.09. The lowest BCUT2D eigenvalue weighted by molar-refractivity contribution is -0.146. The predicted molar refractivity (Wildman–Crippen MR) is 60.5 cm³/mol. The molecular formula is C11H20O7. The maximum absolute atomic E-state index is 11.2. The normalized spacial score (nSPS) is 11.9. The lowest BCUT2D eigenvalue weighted by Gasteiger charge is -2.13. The standard InChI is InChI=1S/C11H20O7/c12-3-1-10(15)17-5-2-9(8-14)7-11(16)18-6-4-13/h9,12-14H,1-8H2. The lowest BCUT2D eigenvalue weighted by atomic mass is 10.0. The first-order valence-corrected chi connectivity index (χ1v) is 5.77.